The molecule has 0 saturated heterocycles. The minimum Gasteiger partial charge on any atom is -0.467 e. The number of nitrogens with one attached hydrogen (secondary N) is 2. The van der Waals surface area contributed by atoms with Crippen LogP contribution in [0.4, 0.5) is 10.6 Å². The van der Waals surface area contributed by atoms with Crippen molar-refractivity contribution in [2.24, 2.45) is 5.41 Å². The van der Waals surface area contributed by atoms with Gasteiger partial charge in [0.05, 0.1) is 12.0 Å². The van der Waals surface area contributed by atoms with E-state index in [1.54, 1.807) is 54.6 Å². The van der Waals surface area contributed by atoms with Crippen molar-refractivity contribution < 1.29 is 33.4 Å². The van der Waals surface area contributed by atoms with Crippen LogP contribution in [0.25, 0.3) is 22.4 Å². The van der Waals surface area contributed by atoms with Crippen LogP contribution in [0, 0.1) is 16.7 Å². The van der Waals surface area contributed by atoms with E-state index in [-0.39, 0.29) is 42.9 Å². The summed E-state index contributed by atoms with van der Waals surface area (Å²) in [6.07, 6.45) is 0.313. The van der Waals surface area contributed by atoms with Gasteiger partial charge in [0.25, 0.3) is 11.8 Å². The van der Waals surface area contributed by atoms with E-state index in [2.05, 4.69) is 21.7 Å². The normalized spacial score (nSPS) is 11.4. The second-order valence-corrected chi connectivity index (χ2v) is 13.4. The zero-order chi connectivity index (χ0) is 35.9. The number of anilines is 1. The molecule has 4 rings (SSSR count). The molecule has 0 atom stereocenters. The average Bonchev–Trinajstić information content (AvgIpc) is 3.60. The van der Waals surface area contributed by atoms with Crippen molar-refractivity contribution in [2.75, 3.05) is 32.3 Å². The number of aromatic nitrogens is 1. The van der Waals surface area contributed by atoms with Gasteiger partial charge in [0.1, 0.15) is 17.4 Å². The Kier molecular flexibility index (Phi) is 11.3. The maximum atomic E-state index is 13.4. The highest BCUT2D eigenvalue weighted by Crippen LogP contribution is 2.37. The van der Waals surface area contributed by atoms with Crippen LogP contribution in [0.5, 0.6) is 5.75 Å². The summed E-state index contributed by atoms with van der Waals surface area (Å²) in [6.45, 7) is 9.52. The molecule has 4 aromatic rings. The molecule has 0 fully saturated rings. The lowest BCUT2D eigenvalue weighted by atomic mass is 9.90. The molecule has 2 heterocycles. The summed E-state index contributed by atoms with van der Waals surface area (Å²) >= 11 is 6.26. The lowest BCUT2D eigenvalue weighted by molar-refractivity contribution is 0.0515. The van der Waals surface area contributed by atoms with Gasteiger partial charge in [-0.25, -0.2) is 9.78 Å². The van der Waals surface area contributed by atoms with Crippen LogP contribution in [0.1, 0.15) is 61.1 Å². The Morgan fingerprint density at radius 3 is 2.41 bits per heavy atom. The first-order valence-electron chi connectivity index (χ1n) is 15.2. The highest BCUT2D eigenvalue weighted by Gasteiger charge is 2.32. The number of hydrogen-bond acceptors (Lipinski definition) is 8. The first-order valence-corrected chi connectivity index (χ1v) is 15.6. The summed E-state index contributed by atoms with van der Waals surface area (Å²) in [6, 6.07) is 18.5. The monoisotopic (exact) mass is 687 g/mol. The van der Waals surface area contributed by atoms with Crippen LogP contribution in [0.3, 0.4) is 0 Å². The topological polar surface area (TPSA) is 167 Å². The number of methoxy groups -OCH3 is 1. The number of furan rings is 1. The second kappa shape index (κ2) is 15.2. The molecule has 49 heavy (non-hydrogen) atoms. The van der Waals surface area contributed by atoms with Crippen molar-refractivity contribution in [1.29, 1.82) is 5.26 Å². The second-order valence-electron chi connectivity index (χ2n) is 13.0. The van der Waals surface area contributed by atoms with E-state index in [4.69, 9.17) is 25.5 Å². The number of halogens is 1. The molecular formula is C36H38ClN5O7. The Bertz CT molecular complexity index is 1880. The molecule has 12 nitrogen and oxygen atoms in total. The van der Waals surface area contributed by atoms with Crippen molar-refractivity contribution >= 4 is 35.3 Å². The molecule has 0 bridgehead atoms. The number of carboxylic acid groups (broad SMARTS) is 1. The van der Waals surface area contributed by atoms with Crippen molar-refractivity contribution in [2.45, 2.75) is 40.2 Å². The van der Waals surface area contributed by atoms with Crippen LogP contribution in [0.15, 0.2) is 71.3 Å². The average molecular weight is 688 g/mol. The van der Waals surface area contributed by atoms with Crippen molar-refractivity contribution in [3.63, 3.8) is 0 Å². The summed E-state index contributed by atoms with van der Waals surface area (Å²) in [5.74, 6) is -0.678. The number of carbonyl (C=O) groups excluding carboxylic acids is 2. The van der Waals surface area contributed by atoms with E-state index in [1.807, 2.05) is 34.6 Å². The molecule has 0 radical (unpaired) electrons. The molecule has 0 saturated carbocycles. The molecule has 0 unspecified atom stereocenters. The summed E-state index contributed by atoms with van der Waals surface area (Å²) in [4.78, 5) is 44.4. The summed E-state index contributed by atoms with van der Waals surface area (Å²) < 4.78 is 16.1. The Morgan fingerprint density at radius 2 is 1.78 bits per heavy atom. The largest absolute Gasteiger partial charge is 0.467 e. The molecular weight excluding hydrogens is 650 g/mol. The number of nitrogens with zero attached hydrogens (tertiary/aromatic N) is 3. The van der Waals surface area contributed by atoms with Crippen LogP contribution in [0.2, 0.25) is 5.02 Å². The molecule has 256 valence electrons. The molecule has 2 aromatic carbocycles. The van der Waals surface area contributed by atoms with E-state index in [0.717, 1.165) is 0 Å². The number of nitriles is 1. The molecule has 13 heteroatoms. The van der Waals surface area contributed by atoms with Gasteiger partial charge >= 0.3 is 6.09 Å². The summed E-state index contributed by atoms with van der Waals surface area (Å²) in [5, 5.41) is 26.1. The summed E-state index contributed by atoms with van der Waals surface area (Å²) in [7, 11) is 1.48. The van der Waals surface area contributed by atoms with Crippen LogP contribution in [-0.4, -0.2) is 65.4 Å². The van der Waals surface area contributed by atoms with E-state index >= 15 is 0 Å². The van der Waals surface area contributed by atoms with Gasteiger partial charge in [0.15, 0.2) is 18.4 Å². The Morgan fingerprint density at radius 1 is 1.02 bits per heavy atom. The number of rotatable bonds is 12. The van der Waals surface area contributed by atoms with Crippen molar-refractivity contribution in [3.8, 4) is 34.2 Å². The number of hydrogen-bond donors (Lipinski definition) is 3. The molecule has 0 aliphatic carbocycles. The predicted octanol–water partition coefficient (Wildman–Crippen LogP) is 7.30. The van der Waals surface area contributed by atoms with Crippen molar-refractivity contribution in [3.05, 3.63) is 88.8 Å². The first kappa shape index (κ1) is 36.5. The minimum absolute atomic E-state index is 0.0174. The molecule has 3 amide bonds. The maximum absolute atomic E-state index is 13.4. The highest BCUT2D eigenvalue weighted by atomic mass is 35.5. The van der Waals surface area contributed by atoms with Gasteiger partial charge in [-0.2, -0.15) is 5.26 Å². The third-order valence-corrected chi connectivity index (χ3v) is 7.69. The van der Waals surface area contributed by atoms with Crippen molar-refractivity contribution in [1.82, 2.24) is 15.2 Å². The Labute approximate surface area is 289 Å². The summed E-state index contributed by atoms with van der Waals surface area (Å²) in [5.41, 5.74) is 0.861. The van der Waals surface area contributed by atoms with Crippen LogP contribution >= 0.6 is 11.6 Å². The lowest BCUT2D eigenvalue weighted by Gasteiger charge is -2.39. The fraction of sp³-hybridized carbons (Fsp3) is 0.306. The Hall–Kier alpha value is -5.38. The SMILES string of the molecule is COCOc1cc(Cl)ccc1-c1cc(-c2cccc(C(=O)NCC(C)(C)CN(C(=O)O)C(C)(C)C)c2)c(C#N)c(NC(=O)c2ccco2)n1. The minimum atomic E-state index is -1.04. The zero-order valence-corrected chi connectivity index (χ0v) is 28.8. The maximum Gasteiger partial charge on any atom is 0.407 e. The Balaban J connectivity index is 1.74. The van der Waals surface area contributed by atoms with E-state index in [9.17, 15) is 24.8 Å². The predicted molar refractivity (Wildman–Crippen MR) is 185 cm³/mol. The fourth-order valence-corrected chi connectivity index (χ4v) is 5.13. The number of benzene rings is 2. The number of pyridine rings is 1. The van der Waals surface area contributed by atoms with Gasteiger partial charge in [-0.15, -0.1) is 0 Å². The van der Waals surface area contributed by atoms with Crippen LogP contribution < -0.4 is 15.4 Å². The smallest absolute Gasteiger partial charge is 0.407 e. The quantitative estimate of drug-likeness (QED) is 0.129. The fourth-order valence-electron chi connectivity index (χ4n) is 4.97. The van der Waals surface area contributed by atoms with Gasteiger partial charge in [-0.05, 0) is 80.3 Å². The van der Waals surface area contributed by atoms with Crippen LogP contribution in [-0.2, 0) is 4.74 Å². The highest BCUT2D eigenvalue weighted by molar-refractivity contribution is 6.30. The standard InChI is InChI=1S/C36H38ClN5O7/c1-35(2,3)42(34(45)46)20-36(4,5)19-39-32(43)23-10-7-9-22(15-23)26-17-28(25-13-12-24(37)16-30(25)49-21-47-6)40-31(27(26)18-38)41-33(44)29-11-8-14-48-29/h7-17H,19-21H2,1-6H3,(H,39,43)(H,45,46)(H,40,41,44). The van der Waals surface area contributed by atoms with E-state index in [0.29, 0.717) is 38.7 Å². The molecule has 0 aliphatic rings. The van der Waals surface area contributed by atoms with E-state index in [1.165, 1.54) is 24.3 Å². The van der Waals surface area contributed by atoms with Gasteiger partial charge in [-0.3, -0.25) is 9.59 Å². The third kappa shape index (κ3) is 9.16. The lowest BCUT2D eigenvalue weighted by Crippen LogP contribution is -2.51. The number of carbonyl (C=O) groups is 3. The molecule has 0 aliphatic heterocycles. The molecule has 3 N–H and O–H groups in total. The van der Waals surface area contributed by atoms with E-state index < -0.39 is 23.0 Å². The first-order chi connectivity index (χ1) is 23.1. The van der Waals surface area contributed by atoms with Gasteiger partial charge in [-0.1, -0.05) is 37.6 Å². The number of amides is 3. The zero-order valence-electron chi connectivity index (χ0n) is 28.1. The van der Waals surface area contributed by atoms with Gasteiger partial charge < -0.3 is 34.5 Å². The third-order valence-electron chi connectivity index (χ3n) is 7.45. The van der Waals surface area contributed by atoms with Gasteiger partial charge in [0.2, 0.25) is 0 Å². The number of ether oxygens (including phenoxy) is 2. The van der Waals surface area contributed by atoms with Gasteiger partial charge in [0, 0.05) is 47.5 Å². The molecule has 0 spiro atoms. The molecule has 2 aromatic heterocycles.